The van der Waals surface area contributed by atoms with Crippen LogP contribution in [0.5, 0.6) is 0 Å². The van der Waals surface area contributed by atoms with E-state index in [1.54, 1.807) is 13.8 Å². The Morgan fingerprint density at radius 1 is 1.18 bits per heavy atom. The van der Waals surface area contributed by atoms with E-state index in [-0.39, 0.29) is 11.9 Å². The number of nitrogens with one attached hydrogen (secondary N) is 3. The summed E-state index contributed by atoms with van der Waals surface area (Å²) in [6, 6.07) is -0.269. The minimum atomic E-state index is -0.269. The van der Waals surface area contributed by atoms with Gasteiger partial charge < -0.3 is 10.6 Å². The van der Waals surface area contributed by atoms with Crippen LogP contribution in [0, 0.1) is 23.7 Å². The second-order valence-corrected chi connectivity index (χ2v) is 3.31. The molecule has 0 aromatic carbocycles. The first-order chi connectivity index (χ1) is 8.26. The zero-order chi connectivity index (χ0) is 12.9. The summed E-state index contributed by atoms with van der Waals surface area (Å²) < 4.78 is 0. The van der Waals surface area contributed by atoms with Crippen LogP contribution >= 0.6 is 0 Å². The molecule has 0 rings (SSSR count). The van der Waals surface area contributed by atoms with Gasteiger partial charge in [0.25, 0.3) is 0 Å². The van der Waals surface area contributed by atoms with Crippen molar-refractivity contribution in [3.8, 4) is 23.7 Å². The third-order valence-electron chi connectivity index (χ3n) is 2.06. The van der Waals surface area contributed by atoms with Crippen molar-refractivity contribution in [3.63, 3.8) is 0 Å². The molecule has 0 fully saturated rings. The second kappa shape index (κ2) is 11.0. The minimum Gasteiger partial charge on any atom is -0.344 e. The lowest BCUT2D eigenvalue weighted by Crippen LogP contribution is -2.50. The van der Waals surface area contributed by atoms with E-state index in [1.165, 1.54) is 0 Å². The molecule has 0 saturated heterocycles. The van der Waals surface area contributed by atoms with Gasteiger partial charge in [-0.1, -0.05) is 18.8 Å². The van der Waals surface area contributed by atoms with E-state index >= 15 is 0 Å². The number of hydrogen-bond acceptors (Lipinski definition) is 3. The average molecular weight is 235 g/mol. The van der Waals surface area contributed by atoms with Crippen molar-refractivity contribution in [1.82, 2.24) is 16.0 Å². The molecule has 0 spiro atoms. The highest BCUT2D eigenvalue weighted by Gasteiger charge is 2.15. The molecule has 4 nitrogen and oxygen atoms in total. The molecular weight excluding hydrogens is 214 g/mol. The topological polar surface area (TPSA) is 53.2 Å². The summed E-state index contributed by atoms with van der Waals surface area (Å²) in [5, 5.41) is 8.98. The summed E-state index contributed by atoms with van der Waals surface area (Å²) in [6.45, 7) is 7.85. The molecule has 1 unspecified atom stereocenters. The normalized spacial score (nSPS) is 10.5. The first-order valence-corrected chi connectivity index (χ1v) is 5.77. The molecule has 0 aliphatic carbocycles. The van der Waals surface area contributed by atoms with Gasteiger partial charge >= 0.3 is 0 Å². The highest BCUT2D eigenvalue weighted by atomic mass is 16.2. The Morgan fingerprint density at radius 3 is 2.41 bits per heavy atom. The van der Waals surface area contributed by atoms with Crippen LogP contribution in [0.2, 0.25) is 0 Å². The Balaban J connectivity index is 4.14. The molecule has 0 radical (unpaired) electrons. The summed E-state index contributed by atoms with van der Waals surface area (Å²) in [5.74, 6) is 11.1. The van der Waals surface area contributed by atoms with Crippen LogP contribution in [-0.4, -0.2) is 38.1 Å². The van der Waals surface area contributed by atoms with Crippen LogP contribution < -0.4 is 16.0 Å². The lowest BCUT2D eigenvalue weighted by atomic mass is 10.2. The minimum absolute atomic E-state index is 0.0494. The number of likely N-dealkylation sites (N-methyl/N-ethyl adjacent to an activating group) is 1. The SMILES string of the molecule is CC#CCNC(=O)C(CNCC)NCC#CC. The predicted molar refractivity (Wildman–Crippen MR) is 70.2 cm³/mol. The number of hydrogen-bond donors (Lipinski definition) is 3. The Bertz CT molecular complexity index is 330. The Hall–Kier alpha value is -1.49. The Labute approximate surface area is 104 Å². The maximum atomic E-state index is 11.8. The molecule has 1 amide bonds. The molecule has 0 aliphatic rings. The van der Waals surface area contributed by atoms with Gasteiger partial charge in [-0.3, -0.25) is 10.1 Å². The summed E-state index contributed by atoms with van der Waals surface area (Å²) in [5.41, 5.74) is 0. The quantitative estimate of drug-likeness (QED) is 0.532. The molecule has 17 heavy (non-hydrogen) atoms. The van der Waals surface area contributed by atoms with Gasteiger partial charge in [0.2, 0.25) is 5.91 Å². The van der Waals surface area contributed by atoms with E-state index in [4.69, 9.17) is 0 Å². The average Bonchev–Trinajstić information content (AvgIpc) is 2.33. The number of carbonyl (C=O) groups excluding carboxylic acids is 1. The van der Waals surface area contributed by atoms with E-state index in [9.17, 15) is 4.79 Å². The van der Waals surface area contributed by atoms with Gasteiger partial charge in [0.15, 0.2) is 0 Å². The number of amides is 1. The number of rotatable bonds is 7. The fraction of sp³-hybridized carbons (Fsp3) is 0.615. The maximum Gasteiger partial charge on any atom is 0.239 e. The largest absolute Gasteiger partial charge is 0.344 e. The maximum absolute atomic E-state index is 11.8. The van der Waals surface area contributed by atoms with Crippen LogP contribution in [0.15, 0.2) is 0 Å². The van der Waals surface area contributed by atoms with Crippen LogP contribution in [-0.2, 0) is 4.79 Å². The molecule has 0 saturated carbocycles. The fourth-order valence-corrected chi connectivity index (χ4v) is 1.15. The van der Waals surface area contributed by atoms with Crippen molar-refractivity contribution in [2.45, 2.75) is 26.8 Å². The van der Waals surface area contributed by atoms with Crippen LogP contribution in [0.4, 0.5) is 0 Å². The van der Waals surface area contributed by atoms with Crippen LogP contribution in [0.1, 0.15) is 20.8 Å². The van der Waals surface area contributed by atoms with Gasteiger partial charge in [-0.2, -0.15) is 0 Å². The predicted octanol–water partition coefficient (Wildman–Crippen LogP) is -0.283. The van der Waals surface area contributed by atoms with E-state index in [2.05, 4.69) is 39.6 Å². The fourth-order valence-electron chi connectivity index (χ4n) is 1.15. The van der Waals surface area contributed by atoms with Crippen molar-refractivity contribution in [2.24, 2.45) is 0 Å². The van der Waals surface area contributed by atoms with Gasteiger partial charge in [-0.25, -0.2) is 0 Å². The van der Waals surface area contributed by atoms with Gasteiger partial charge in [-0.05, 0) is 20.4 Å². The molecule has 0 aromatic rings. The summed E-state index contributed by atoms with van der Waals surface area (Å²) >= 11 is 0. The molecule has 0 aromatic heterocycles. The Kier molecular flexibility index (Phi) is 10.0. The molecule has 0 bridgehead atoms. The van der Waals surface area contributed by atoms with Crippen molar-refractivity contribution in [1.29, 1.82) is 0 Å². The molecule has 1 atom stereocenters. The molecule has 94 valence electrons. The standard InChI is InChI=1S/C13H21N3O/c1-4-7-9-15-12(11-14-6-3)13(17)16-10-8-5-2/h12,14-15H,6,9-11H2,1-3H3,(H,16,17). The zero-order valence-corrected chi connectivity index (χ0v) is 10.8. The summed E-state index contributed by atoms with van der Waals surface area (Å²) in [6.07, 6.45) is 0. The smallest absolute Gasteiger partial charge is 0.239 e. The molecule has 0 heterocycles. The molecular formula is C13H21N3O. The molecule has 4 heteroatoms. The lowest BCUT2D eigenvalue weighted by molar-refractivity contribution is -0.122. The highest BCUT2D eigenvalue weighted by Crippen LogP contribution is 1.82. The van der Waals surface area contributed by atoms with Gasteiger partial charge in [0.1, 0.15) is 0 Å². The molecule has 3 N–H and O–H groups in total. The highest BCUT2D eigenvalue weighted by molar-refractivity contribution is 5.82. The first kappa shape index (κ1) is 15.5. The van der Waals surface area contributed by atoms with Gasteiger partial charge in [0.05, 0.1) is 19.1 Å². The summed E-state index contributed by atoms with van der Waals surface area (Å²) in [7, 11) is 0. The van der Waals surface area contributed by atoms with E-state index < -0.39 is 0 Å². The van der Waals surface area contributed by atoms with Crippen molar-refractivity contribution in [2.75, 3.05) is 26.2 Å². The van der Waals surface area contributed by atoms with Crippen molar-refractivity contribution in [3.05, 3.63) is 0 Å². The number of carbonyl (C=O) groups is 1. The van der Waals surface area contributed by atoms with Crippen LogP contribution in [0.25, 0.3) is 0 Å². The van der Waals surface area contributed by atoms with E-state index in [0.29, 0.717) is 19.6 Å². The van der Waals surface area contributed by atoms with E-state index in [0.717, 1.165) is 6.54 Å². The Morgan fingerprint density at radius 2 is 1.82 bits per heavy atom. The third-order valence-corrected chi connectivity index (χ3v) is 2.06. The lowest BCUT2D eigenvalue weighted by Gasteiger charge is -2.16. The van der Waals surface area contributed by atoms with Gasteiger partial charge in [-0.15, -0.1) is 11.8 Å². The first-order valence-electron chi connectivity index (χ1n) is 5.77. The molecule has 0 aliphatic heterocycles. The summed E-state index contributed by atoms with van der Waals surface area (Å²) in [4.78, 5) is 11.8. The van der Waals surface area contributed by atoms with Gasteiger partial charge in [0, 0.05) is 6.54 Å². The second-order valence-electron chi connectivity index (χ2n) is 3.31. The van der Waals surface area contributed by atoms with Crippen molar-refractivity contribution < 1.29 is 4.79 Å². The van der Waals surface area contributed by atoms with E-state index in [1.807, 2.05) is 6.92 Å². The van der Waals surface area contributed by atoms with Crippen LogP contribution in [0.3, 0.4) is 0 Å². The van der Waals surface area contributed by atoms with Crippen molar-refractivity contribution >= 4 is 5.91 Å². The third kappa shape index (κ3) is 8.33. The zero-order valence-electron chi connectivity index (χ0n) is 10.8. The monoisotopic (exact) mass is 235 g/mol.